The summed E-state index contributed by atoms with van der Waals surface area (Å²) in [5.74, 6) is 2.23. The normalized spacial score (nSPS) is 16.1. The van der Waals surface area contributed by atoms with Gasteiger partial charge in [0.15, 0.2) is 0 Å². The van der Waals surface area contributed by atoms with Gasteiger partial charge in [-0.2, -0.15) is 0 Å². The predicted molar refractivity (Wildman–Crippen MR) is 144 cm³/mol. The second-order valence-corrected chi connectivity index (χ2v) is 10.1. The number of aryl methyl sites for hydroxylation is 2. The largest absolute Gasteiger partial charge is 0.355 e. The number of unbranched alkanes of at least 4 members (excludes halogenated alkanes) is 5. The highest BCUT2D eigenvalue weighted by atomic mass is 35.5. The molecule has 5 nitrogen and oxygen atoms in total. The second kappa shape index (κ2) is 13.0. The molecule has 1 aliphatic rings. The zero-order chi connectivity index (χ0) is 24.5. The van der Waals surface area contributed by atoms with Gasteiger partial charge in [0.2, 0.25) is 0 Å². The minimum absolute atomic E-state index is 0.104. The molecule has 1 unspecified atom stereocenters. The van der Waals surface area contributed by atoms with Crippen LogP contribution < -0.4 is 4.90 Å². The first-order valence-electron chi connectivity index (χ1n) is 13.3. The number of Topliss-reactive ketones (excluding diaryl/α,β-unsaturated/α-hetero) is 1. The van der Waals surface area contributed by atoms with Crippen LogP contribution in [0.1, 0.15) is 76.1 Å². The zero-order valence-corrected chi connectivity index (χ0v) is 21.6. The minimum atomic E-state index is 0.104. The number of pyridine rings is 1. The summed E-state index contributed by atoms with van der Waals surface area (Å²) in [5.41, 5.74) is 2.01. The SMILES string of the molecule is CCCCCCCCC(=O)C1CCCN(c2nccc3nc(CCc4ccccc4Cl)ncc23)C1. The lowest BCUT2D eigenvalue weighted by molar-refractivity contribution is -0.123. The maximum absolute atomic E-state index is 12.9. The van der Waals surface area contributed by atoms with Crippen LogP contribution in [0.2, 0.25) is 5.02 Å². The molecular formula is C29H37ClN4O. The minimum Gasteiger partial charge on any atom is -0.355 e. The van der Waals surface area contributed by atoms with Crippen LogP contribution in [0.4, 0.5) is 5.82 Å². The van der Waals surface area contributed by atoms with E-state index in [1.54, 1.807) is 0 Å². The molecule has 4 rings (SSSR count). The Hall–Kier alpha value is -2.53. The fraction of sp³-hybridized carbons (Fsp3) is 0.517. The van der Waals surface area contributed by atoms with E-state index in [9.17, 15) is 4.79 Å². The number of rotatable bonds is 12. The molecule has 1 atom stereocenters. The van der Waals surface area contributed by atoms with Gasteiger partial charge in [0, 0.05) is 49.3 Å². The van der Waals surface area contributed by atoms with Crippen LogP contribution in [0, 0.1) is 5.92 Å². The van der Waals surface area contributed by atoms with E-state index in [-0.39, 0.29) is 5.92 Å². The van der Waals surface area contributed by atoms with E-state index in [2.05, 4.69) is 21.8 Å². The van der Waals surface area contributed by atoms with Crippen LogP contribution in [-0.2, 0) is 17.6 Å². The number of carbonyl (C=O) groups excluding carboxylic acids is 1. The Morgan fingerprint density at radius 2 is 1.89 bits per heavy atom. The molecule has 0 bridgehead atoms. The summed E-state index contributed by atoms with van der Waals surface area (Å²) in [4.78, 5) is 29.3. The Labute approximate surface area is 214 Å². The monoisotopic (exact) mass is 492 g/mol. The van der Waals surface area contributed by atoms with Gasteiger partial charge in [0.25, 0.3) is 0 Å². The van der Waals surface area contributed by atoms with Crippen molar-refractivity contribution in [3.63, 3.8) is 0 Å². The molecule has 6 heteroatoms. The fourth-order valence-corrected chi connectivity index (χ4v) is 5.25. The Bertz CT molecular complexity index is 1120. The van der Waals surface area contributed by atoms with Gasteiger partial charge in [0.05, 0.1) is 10.9 Å². The molecule has 186 valence electrons. The Morgan fingerprint density at radius 1 is 1.06 bits per heavy atom. The summed E-state index contributed by atoms with van der Waals surface area (Å²) >= 11 is 6.30. The lowest BCUT2D eigenvalue weighted by atomic mass is 9.90. The van der Waals surface area contributed by atoms with Gasteiger partial charge in [-0.3, -0.25) is 4.79 Å². The van der Waals surface area contributed by atoms with Gasteiger partial charge in [-0.15, -0.1) is 0 Å². The average Bonchev–Trinajstić information content (AvgIpc) is 2.89. The number of hydrogen-bond acceptors (Lipinski definition) is 5. The average molecular weight is 493 g/mol. The molecule has 1 fully saturated rings. The van der Waals surface area contributed by atoms with E-state index < -0.39 is 0 Å². The van der Waals surface area contributed by atoms with Crippen molar-refractivity contribution in [2.75, 3.05) is 18.0 Å². The number of halogens is 1. The maximum Gasteiger partial charge on any atom is 0.139 e. The van der Waals surface area contributed by atoms with Crippen LogP contribution in [0.3, 0.4) is 0 Å². The lowest BCUT2D eigenvalue weighted by Gasteiger charge is -2.33. The fourth-order valence-electron chi connectivity index (χ4n) is 5.02. The van der Waals surface area contributed by atoms with Gasteiger partial charge < -0.3 is 4.90 Å². The number of ketones is 1. The van der Waals surface area contributed by atoms with Crippen molar-refractivity contribution in [2.24, 2.45) is 5.92 Å². The van der Waals surface area contributed by atoms with Crippen LogP contribution in [0.5, 0.6) is 0 Å². The van der Waals surface area contributed by atoms with E-state index >= 15 is 0 Å². The van der Waals surface area contributed by atoms with E-state index in [0.717, 1.165) is 78.3 Å². The summed E-state index contributed by atoms with van der Waals surface area (Å²) in [6, 6.07) is 9.86. The third-order valence-corrected chi connectivity index (χ3v) is 7.44. The van der Waals surface area contributed by atoms with E-state index in [1.807, 2.05) is 42.7 Å². The molecule has 0 aliphatic carbocycles. The van der Waals surface area contributed by atoms with Crippen molar-refractivity contribution in [1.29, 1.82) is 0 Å². The molecule has 2 aromatic heterocycles. The molecule has 1 aliphatic heterocycles. The highest BCUT2D eigenvalue weighted by Gasteiger charge is 2.27. The first kappa shape index (κ1) is 25.6. The smallest absolute Gasteiger partial charge is 0.139 e. The maximum atomic E-state index is 12.9. The molecular weight excluding hydrogens is 456 g/mol. The second-order valence-electron chi connectivity index (χ2n) is 9.71. The van der Waals surface area contributed by atoms with Crippen molar-refractivity contribution < 1.29 is 4.79 Å². The molecule has 0 N–H and O–H groups in total. The molecule has 3 heterocycles. The van der Waals surface area contributed by atoms with E-state index in [4.69, 9.17) is 16.6 Å². The standard InChI is InChI=1S/C29H37ClN4O/c1-2-3-4-5-6-7-14-27(35)23-12-10-19-34(21-23)29-24-20-32-28(33-26(24)17-18-31-29)16-15-22-11-8-9-13-25(22)30/h8-9,11,13,17-18,20,23H,2-7,10,12,14-16,19,21H2,1H3. The molecule has 0 amide bonds. The third-order valence-electron chi connectivity index (χ3n) is 7.07. The predicted octanol–water partition coefficient (Wildman–Crippen LogP) is 7.00. The summed E-state index contributed by atoms with van der Waals surface area (Å²) < 4.78 is 0. The van der Waals surface area contributed by atoms with Crippen LogP contribution >= 0.6 is 11.6 Å². The summed E-state index contributed by atoms with van der Waals surface area (Å²) in [5, 5.41) is 1.74. The van der Waals surface area contributed by atoms with Crippen molar-refractivity contribution in [3.05, 3.63) is 59.1 Å². The molecule has 1 aromatic carbocycles. The molecule has 0 saturated carbocycles. The molecule has 0 spiro atoms. The van der Waals surface area contributed by atoms with Crippen LogP contribution in [-0.4, -0.2) is 33.8 Å². The van der Waals surface area contributed by atoms with Gasteiger partial charge in [-0.1, -0.05) is 68.8 Å². The third kappa shape index (κ3) is 7.00. The number of benzene rings is 1. The number of fused-ring (bicyclic) bond motifs is 1. The Balaban J connectivity index is 1.38. The molecule has 35 heavy (non-hydrogen) atoms. The topological polar surface area (TPSA) is 59.0 Å². The van der Waals surface area contributed by atoms with Gasteiger partial charge in [0.1, 0.15) is 17.4 Å². The van der Waals surface area contributed by atoms with E-state index in [1.165, 1.54) is 32.1 Å². The van der Waals surface area contributed by atoms with Crippen LogP contribution in [0.25, 0.3) is 10.9 Å². The quantitative estimate of drug-likeness (QED) is 0.255. The number of carbonyl (C=O) groups is 1. The highest BCUT2D eigenvalue weighted by molar-refractivity contribution is 6.31. The first-order chi connectivity index (χ1) is 17.2. The number of aromatic nitrogens is 3. The number of nitrogens with zero attached hydrogens (tertiary/aromatic N) is 4. The van der Waals surface area contributed by atoms with Gasteiger partial charge >= 0.3 is 0 Å². The number of hydrogen-bond donors (Lipinski definition) is 0. The summed E-state index contributed by atoms with van der Waals surface area (Å²) in [7, 11) is 0. The van der Waals surface area contributed by atoms with Crippen molar-refractivity contribution >= 4 is 34.1 Å². The molecule has 0 radical (unpaired) electrons. The van der Waals surface area contributed by atoms with Crippen molar-refractivity contribution in [3.8, 4) is 0 Å². The Morgan fingerprint density at radius 3 is 2.74 bits per heavy atom. The summed E-state index contributed by atoms with van der Waals surface area (Å²) in [6.45, 7) is 3.90. The van der Waals surface area contributed by atoms with Crippen molar-refractivity contribution in [2.45, 2.75) is 77.6 Å². The summed E-state index contributed by atoms with van der Waals surface area (Å²) in [6.07, 6.45) is 15.3. The number of piperidine rings is 1. The zero-order valence-electron chi connectivity index (χ0n) is 20.9. The lowest BCUT2D eigenvalue weighted by Crippen LogP contribution is -2.39. The molecule has 3 aromatic rings. The molecule has 1 saturated heterocycles. The number of anilines is 1. The van der Waals surface area contributed by atoms with Gasteiger partial charge in [-0.05, 0) is 43.4 Å². The van der Waals surface area contributed by atoms with Crippen LogP contribution in [0.15, 0.2) is 42.7 Å². The first-order valence-corrected chi connectivity index (χ1v) is 13.6. The van der Waals surface area contributed by atoms with Gasteiger partial charge in [-0.25, -0.2) is 15.0 Å². The van der Waals surface area contributed by atoms with Crippen molar-refractivity contribution in [1.82, 2.24) is 15.0 Å². The Kier molecular flexibility index (Phi) is 9.47. The van der Waals surface area contributed by atoms with E-state index in [0.29, 0.717) is 12.2 Å². The highest BCUT2D eigenvalue weighted by Crippen LogP contribution is 2.29.